The molecule has 0 radical (unpaired) electrons. The highest BCUT2D eigenvalue weighted by Crippen LogP contribution is 2.37. The molecule has 0 N–H and O–H groups in total. The van der Waals surface area contributed by atoms with Gasteiger partial charge in [0.2, 0.25) is 0 Å². The average molecular weight is 374 g/mol. The number of allylic oxidation sites excluding steroid dienone is 1. The number of benzene rings is 1. The second-order valence-electron chi connectivity index (χ2n) is 5.77. The lowest BCUT2D eigenvalue weighted by atomic mass is 9.97. The van der Waals surface area contributed by atoms with Gasteiger partial charge in [0.05, 0.1) is 13.2 Å². The summed E-state index contributed by atoms with van der Waals surface area (Å²) in [5.74, 6) is 0.445. The Hall–Kier alpha value is -2.12. The smallest absolute Gasteiger partial charge is 0.417 e. The highest BCUT2D eigenvalue weighted by Gasteiger charge is 2.38. The summed E-state index contributed by atoms with van der Waals surface area (Å²) in [5.41, 5.74) is 1.56. The Kier molecular flexibility index (Phi) is 5.24. The lowest BCUT2D eigenvalue weighted by Gasteiger charge is -2.29. The molecule has 2 amide bonds. The van der Waals surface area contributed by atoms with Gasteiger partial charge in [-0.3, -0.25) is 14.6 Å². The normalized spacial score (nSPS) is 22.8. The van der Waals surface area contributed by atoms with Gasteiger partial charge in [-0.25, -0.2) is 4.79 Å². The van der Waals surface area contributed by atoms with Crippen molar-refractivity contribution in [2.24, 2.45) is 5.92 Å². The van der Waals surface area contributed by atoms with Gasteiger partial charge in [0.15, 0.2) is 0 Å². The number of rotatable bonds is 2. The molecule has 1 aromatic carbocycles. The van der Waals surface area contributed by atoms with Gasteiger partial charge in [0.25, 0.3) is 5.91 Å². The van der Waals surface area contributed by atoms with Crippen molar-refractivity contribution in [1.29, 1.82) is 0 Å². The van der Waals surface area contributed by atoms with Crippen molar-refractivity contribution in [3.63, 3.8) is 0 Å². The van der Waals surface area contributed by atoms with Crippen molar-refractivity contribution in [2.45, 2.75) is 13.0 Å². The van der Waals surface area contributed by atoms with E-state index in [0.29, 0.717) is 9.89 Å². The third-order valence-electron chi connectivity index (χ3n) is 4.21. The molecular formula is C18H18N2O3S2. The molecule has 25 heavy (non-hydrogen) atoms. The van der Waals surface area contributed by atoms with Crippen molar-refractivity contribution in [2.75, 3.05) is 12.9 Å². The van der Waals surface area contributed by atoms with E-state index in [0.717, 1.165) is 11.3 Å². The number of thiocarbonyl (C=S) groups is 1. The van der Waals surface area contributed by atoms with Crippen molar-refractivity contribution in [3.8, 4) is 0 Å². The van der Waals surface area contributed by atoms with Crippen molar-refractivity contribution in [3.05, 3.63) is 59.9 Å². The Morgan fingerprint density at radius 3 is 2.68 bits per heavy atom. The molecule has 0 saturated carbocycles. The van der Waals surface area contributed by atoms with E-state index in [-0.39, 0.29) is 17.9 Å². The summed E-state index contributed by atoms with van der Waals surface area (Å²) in [6, 6.07) is 9.75. The minimum absolute atomic E-state index is 0.100. The van der Waals surface area contributed by atoms with Crippen LogP contribution in [0.3, 0.4) is 0 Å². The molecule has 7 heteroatoms. The van der Waals surface area contributed by atoms with E-state index in [1.807, 2.05) is 37.3 Å². The zero-order valence-electron chi connectivity index (χ0n) is 13.9. The van der Waals surface area contributed by atoms with Crippen LogP contribution in [0.15, 0.2) is 54.4 Å². The summed E-state index contributed by atoms with van der Waals surface area (Å²) in [7, 11) is 1.31. The van der Waals surface area contributed by atoms with Gasteiger partial charge >= 0.3 is 6.09 Å². The van der Waals surface area contributed by atoms with Crippen LogP contribution in [0.25, 0.3) is 0 Å². The molecular weight excluding hydrogens is 356 g/mol. The molecule has 0 unspecified atom stereocenters. The minimum Gasteiger partial charge on any atom is -0.452 e. The number of amides is 2. The van der Waals surface area contributed by atoms with Crippen LogP contribution in [0, 0.1) is 5.92 Å². The number of nitrogens with zero attached hydrogens (tertiary/aromatic N) is 2. The van der Waals surface area contributed by atoms with Crippen LogP contribution < -0.4 is 0 Å². The van der Waals surface area contributed by atoms with Gasteiger partial charge in [-0.15, -0.1) is 0 Å². The average Bonchev–Trinajstić information content (AvgIpc) is 3.03. The van der Waals surface area contributed by atoms with Crippen LogP contribution in [0.5, 0.6) is 0 Å². The van der Waals surface area contributed by atoms with Gasteiger partial charge in [0.1, 0.15) is 4.32 Å². The molecule has 0 bridgehead atoms. The molecule has 2 heterocycles. The number of thioether (sulfide) groups is 1. The first-order valence-corrected chi connectivity index (χ1v) is 9.24. The molecule has 3 rings (SSSR count). The van der Waals surface area contributed by atoms with Gasteiger partial charge in [-0.2, -0.15) is 0 Å². The fraction of sp³-hybridized carbons (Fsp3) is 0.278. The molecule has 1 saturated heterocycles. The lowest BCUT2D eigenvalue weighted by Crippen LogP contribution is -2.37. The predicted octanol–water partition coefficient (Wildman–Crippen LogP) is 3.70. The summed E-state index contributed by atoms with van der Waals surface area (Å²) in [6.07, 6.45) is 4.41. The number of hydrogen-bond donors (Lipinski definition) is 0. The number of hydrogen-bond acceptors (Lipinski definition) is 5. The van der Waals surface area contributed by atoms with E-state index in [1.165, 1.54) is 30.0 Å². The zero-order valence-corrected chi connectivity index (χ0v) is 15.5. The maximum absolute atomic E-state index is 13.2. The third kappa shape index (κ3) is 3.48. The monoisotopic (exact) mass is 374 g/mol. The first-order chi connectivity index (χ1) is 12.0. The van der Waals surface area contributed by atoms with Crippen molar-refractivity contribution >= 4 is 40.3 Å². The summed E-state index contributed by atoms with van der Waals surface area (Å²) in [4.78, 5) is 27.9. The highest BCUT2D eigenvalue weighted by molar-refractivity contribution is 8.23. The van der Waals surface area contributed by atoms with E-state index in [1.54, 1.807) is 17.2 Å². The Morgan fingerprint density at radius 1 is 1.28 bits per heavy atom. The van der Waals surface area contributed by atoms with Gasteiger partial charge in [-0.1, -0.05) is 67.3 Å². The molecule has 0 aliphatic carbocycles. The largest absolute Gasteiger partial charge is 0.452 e. The molecule has 2 aliphatic heterocycles. The summed E-state index contributed by atoms with van der Waals surface area (Å²) < 4.78 is 5.29. The van der Waals surface area contributed by atoms with E-state index in [9.17, 15) is 9.59 Å². The number of ether oxygens (including phenoxy) is 1. The van der Waals surface area contributed by atoms with Crippen LogP contribution in [0.1, 0.15) is 18.5 Å². The Bertz CT molecular complexity index is 761. The van der Waals surface area contributed by atoms with Gasteiger partial charge in [0, 0.05) is 29.6 Å². The Labute approximate surface area is 156 Å². The fourth-order valence-electron chi connectivity index (χ4n) is 2.81. The topological polar surface area (TPSA) is 49.9 Å². The summed E-state index contributed by atoms with van der Waals surface area (Å²) in [6.45, 7) is 1.92. The van der Waals surface area contributed by atoms with Crippen LogP contribution in [-0.4, -0.2) is 39.0 Å². The van der Waals surface area contributed by atoms with E-state index in [2.05, 4.69) is 0 Å². The minimum atomic E-state index is -0.536. The molecule has 2 atom stereocenters. The summed E-state index contributed by atoms with van der Waals surface area (Å²) >= 11 is 6.92. The maximum Gasteiger partial charge on any atom is 0.417 e. The van der Waals surface area contributed by atoms with E-state index in [4.69, 9.17) is 17.0 Å². The van der Waals surface area contributed by atoms with E-state index < -0.39 is 6.09 Å². The molecule has 1 aromatic rings. The first-order valence-electron chi connectivity index (χ1n) is 7.84. The van der Waals surface area contributed by atoms with Gasteiger partial charge in [-0.05, 0) is 5.56 Å². The standard InChI is InChI=1S/C18H18N2O3S2/c1-12-8-9-19(17(22)23-2)10-14(12)16(21)20-15(11-25-18(20)24)13-6-4-3-5-7-13/h3-10,12,15H,11H2,1-2H3/t12-,15+/m0/s1. The maximum atomic E-state index is 13.2. The molecule has 1 fully saturated rings. The van der Waals surface area contributed by atoms with Crippen LogP contribution in [0.2, 0.25) is 0 Å². The number of methoxy groups -OCH3 is 1. The Balaban J connectivity index is 1.91. The quantitative estimate of drug-likeness (QED) is 0.739. The van der Waals surface area contributed by atoms with Crippen LogP contribution in [-0.2, 0) is 9.53 Å². The van der Waals surface area contributed by atoms with Gasteiger partial charge < -0.3 is 4.74 Å². The Morgan fingerprint density at radius 2 is 2.00 bits per heavy atom. The third-order valence-corrected chi connectivity index (χ3v) is 5.69. The molecule has 0 aromatic heterocycles. The second kappa shape index (κ2) is 7.41. The molecule has 0 spiro atoms. The van der Waals surface area contributed by atoms with Crippen molar-refractivity contribution in [1.82, 2.24) is 9.80 Å². The zero-order chi connectivity index (χ0) is 18.0. The van der Waals surface area contributed by atoms with Crippen LogP contribution in [0.4, 0.5) is 4.79 Å². The number of carbonyl (C=O) groups excluding carboxylic acids is 2. The predicted molar refractivity (Wildman–Crippen MR) is 102 cm³/mol. The molecule has 130 valence electrons. The lowest BCUT2D eigenvalue weighted by molar-refractivity contribution is -0.124. The number of carbonyl (C=O) groups is 2. The SMILES string of the molecule is COC(=O)N1C=C[C@H](C)C(C(=O)N2C(=S)SC[C@@H]2c2ccccc2)=C1. The first kappa shape index (κ1) is 17.7. The fourth-order valence-corrected chi connectivity index (χ4v) is 4.22. The molecule has 2 aliphatic rings. The van der Waals surface area contributed by atoms with Crippen molar-refractivity contribution < 1.29 is 14.3 Å². The highest BCUT2D eigenvalue weighted by atomic mass is 32.2. The van der Waals surface area contributed by atoms with Crippen LogP contribution >= 0.6 is 24.0 Å². The summed E-state index contributed by atoms with van der Waals surface area (Å²) in [5, 5.41) is 0. The second-order valence-corrected chi connectivity index (χ2v) is 7.42. The van der Waals surface area contributed by atoms with E-state index >= 15 is 0 Å². The molecule has 5 nitrogen and oxygen atoms in total.